The highest BCUT2D eigenvalue weighted by Crippen LogP contribution is 2.17. The molecule has 1 N–H and O–H groups in total. The predicted molar refractivity (Wildman–Crippen MR) is 84.7 cm³/mol. The van der Waals surface area contributed by atoms with Crippen molar-refractivity contribution in [3.8, 4) is 12.3 Å². The molecule has 0 amide bonds. The van der Waals surface area contributed by atoms with Crippen LogP contribution < -0.4 is 4.72 Å². The van der Waals surface area contributed by atoms with Crippen molar-refractivity contribution < 1.29 is 8.60 Å². The molecular formula is C16H17FN2OS. The second-order valence-corrected chi connectivity index (χ2v) is 5.04. The number of nitrogens with zero attached hydrogens (tertiary/aromatic N) is 1. The lowest BCUT2D eigenvalue weighted by Crippen LogP contribution is -2.07. The van der Waals surface area contributed by atoms with Gasteiger partial charge >= 0.3 is 0 Å². The van der Waals surface area contributed by atoms with Crippen LogP contribution in [0.4, 0.5) is 10.1 Å². The van der Waals surface area contributed by atoms with Gasteiger partial charge in [-0.2, -0.15) is 0 Å². The number of benzene rings is 1. The van der Waals surface area contributed by atoms with Gasteiger partial charge in [-0.3, -0.25) is 9.71 Å². The average molecular weight is 304 g/mol. The third-order valence-corrected chi connectivity index (χ3v) is 3.59. The minimum absolute atomic E-state index is 0.368. The van der Waals surface area contributed by atoms with Crippen LogP contribution in [0.25, 0.3) is 0 Å². The Bertz CT molecular complexity index is 663. The minimum Gasteiger partial charge on any atom is -0.299 e. The second-order valence-electron chi connectivity index (χ2n) is 3.83. The molecule has 0 radical (unpaired) electrons. The maximum absolute atomic E-state index is 12.8. The molecule has 3 nitrogen and oxygen atoms in total. The summed E-state index contributed by atoms with van der Waals surface area (Å²) in [6.45, 7) is 5.78. The van der Waals surface area contributed by atoms with Crippen molar-refractivity contribution in [2.24, 2.45) is 0 Å². The summed E-state index contributed by atoms with van der Waals surface area (Å²) in [5.41, 5.74) is 1.89. The minimum atomic E-state index is -1.49. The molecule has 1 unspecified atom stereocenters. The lowest BCUT2D eigenvalue weighted by atomic mass is 10.2. The third kappa shape index (κ3) is 4.69. The summed E-state index contributed by atoms with van der Waals surface area (Å²) in [5, 5.41) is 0. The van der Waals surface area contributed by atoms with Crippen molar-refractivity contribution in [2.75, 3.05) is 4.72 Å². The van der Waals surface area contributed by atoms with Gasteiger partial charge < -0.3 is 0 Å². The molecule has 0 aliphatic heterocycles. The number of aryl methyl sites for hydroxylation is 1. The number of anilines is 1. The van der Waals surface area contributed by atoms with Crippen LogP contribution in [0, 0.1) is 25.1 Å². The number of aromatic nitrogens is 1. The number of pyridine rings is 1. The molecule has 0 bridgehead atoms. The molecule has 2 rings (SSSR count). The number of terminal acetylenes is 1. The number of nitrogens with one attached hydrogen (secondary N) is 1. The quantitative estimate of drug-likeness (QED) is 0.879. The summed E-state index contributed by atoms with van der Waals surface area (Å²) in [7, 11) is -1.49. The second kappa shape index (κ2) is 8.18. The molecule has 1 atom stereocenters. The monoisotopic (exact) mass is 304 g/mol. The highest BCUT2D eigenvalue weighted by molar-refractivity contribution is 7.86. The van der Waals surface area contributed by atoms with E-state index in [-0.39, 0.29) is 5.82 Å². The molecule has 1 heterocycles. The Morgan fingerprint density at radius 2 is 1.90 bits per heavy atom. The summed E-state index contributed by atoms with van der Waals surface area (Å²) in [4.78, 5) is 4.59. The van der Waals surface area contributed by atoms with Crippen LogP contribution >= 0.6 is 0 Å². The molecule has 5 heteroatoms. The molecule has 21 heavy (non-hydrogen) atoms. The van der Waals surface area contributed by atoms with Crippen LogP contribution in [0.2, 0.25) is 0 Å². The topological polar surface area (TPSA) is 42.0 Å². The Hall–Kier alpha value is -2.19. The zero-order valence-corrected chi connectivity index (χ0v) is 13.0. The van der Waals surface area contributed by atoms with Gasteiger partial charge in [-0.05, 0) is 37.3 Å². The van der Waals surface area contributed by atoms with Gasteiger partial charge in [0.15, 0.2) is 0 Å². The molecule has 2 aromatic rings. The highest BCUT2D eigenvalue weighted by Gasteiger charge is 2.07. The summed E-state index contributed by atoms with van der Waals surface area (Å²) in [6.07, 6.45) is 6.86. The van der Waals surface area contributed by atoms with Crippen molar-refractivity contribution in [2.45, 2.75) is 25.7 Å². The van der Waals surface area contributed by atoms with Crippen LogP contribution in [0.5, 0.6) is 0 Å². The van der Waals surface area contributed by atoms with Gasteiger partial charge in [-0.25, -0.2) is 8.60 Å². The molecule has 110 valence electrons. The van der Waals surface area contributed by atoms with Crippen molar-refractivity contribution in [3.05, 3.63) is 53.6 Å². The SMILES string of the molecule is C#Cc1cnc(C)c(NS(=O)c2ccc(F)cc2)c1.CC. The molecule has 0 aliphatic carbocycles. The number of hydrogen-bond acceptors (Lipinski definition) is 2. The summed E-state index contributed by atoms with van der Waals surface area (Å²) >= 11 is 0. The fraction of sp³-hybridized carbons (Fsp3) is 0.188. The van der Waals surface area contributed by atoms with Crippen molar-refractivity contribution >= 4 is 16.7 Å². The average Bonchev–Trinajstić information content (AvgIpc) is 2.52. The summed E-state index contributed by atoms with van der Waals surface area (Å²) < 4.78 is 27.7. The molecule has 0 saturated carbocycles. The van der Waals surface area contributed by atoms with Gasteiger partial charge in [0.2, 0.25) is 0 Å². The van der Waals surface area contributed by atoms with E-state index in [4.69, 9.17) is 6.42 Å². The largest absolute Gasteiger partial charge is 0.299 e. The fourth-order valence-corrected chi connectivity index (χ4v) is 2.34. The first-order chi connectivity index (χ1) is 10.1. The summed E-state index contributed by atoms with van der Waals surface area (Å²) in [6, 6.07) is 7.15. The lowest BCUT2D eigenvalue weighted by molar-refractivity contribution is 0.626. The first-order valence-corrected chi connectivity index (χ1v) is 7.62. The zero-order valence-electron chi connectivity index (χ0n) is 12.2. The highest BCUT2D eigenvalue weighted by atomic mass is 32.2. The Kier molecular flexibility index (Phi) is 6.57. The van der Waals surface area contributed by atoms with Crippen molar-refractivity contribution in [3.63, 3.8) is 0 Å². The normalized spacial score (nSPS) is 10.8. The molecule has 1 aromatic carbocycles. The van der Waals surface area contributed by atoms with Gasteiger partial charge in [0.05, 0.1) is 16.3 Å². The van der Waals surface area contributed by atoms with Gasteiger partial charge in [0.1, 0.15) is 16.8 Å². The van der Waals surface area contributed by atoms with E-state index in [1.165, 1.54) is 24.3 Å². The van der Waals surface area contributed by atoms with Crippen LogP contribution in [-0.2, 0) is 11.0 Å². The molecular weight excluding hydrogens is 287 g/mol. The fourth-order valence-electron chi connectivity index (χ4n) is 1.43. The first kappa shape index (κ1) is 16.9. The summed E-state index contributed by atoms with van der Waals surface area (Å²) in [5.74, 6) is 2.10. The van der Waals surface area contributed by atoms with E-state index in [0.717, 1.165) is 0 Å². The maximum Gasteiger partial charge on any atom is 0.150 e. The van der Waals surface area contributed by atoms with E-state index in [1.807, 2.05) is 13.8 Å². The predicted octanol–water partition coefficient (Wildman–Crippen LogP) is 3.67. The Labute approximate surface area is 127 Å². The first-order valence-electron chi connectivity index (χ1n) is 6.47. The van der Waals surface area contributed by atoms with Gasteiger partial charge in [-0.1, -0.05) is 19.8 Å². The van der Waals surface area contributed by atoms with E-state index in [2.05, 4.69) is 15.6 Å². The number of rotatable bonds is 3. The van der Waals surface area contributed by atoms with Gasteiger partial charge in [0, 0.05) is 11.8 Å². The molecule has 0 aliphatic rings. The van der Waals surface area contributed by atoms with Gasteiger partial charge in [-0.15, -0.1) is 6.42 Å². The van der Waals surface area contributed by atoms with E-state index in [0.29, 0.717) is 21.8 Å². The van der Waals surface area contributed by atoms with E-state index in [1.54, 1.807) is 19.2 Å². The smallest absolute Gasteiger partial charge is 0.150 e. The third-order valence-electron chi connectivity index (χ3n) is 2.48. The molecule has 0 spiro atoms. The number of halogens is 1. The maximum atomic E-state index is 12.8. The lowest BCUT2D eigenvalue weighted by Gasteiger charge is -2.08. The number of hydrogen-bond donors (Lipinski definition) is 1. The standard InChI is InChI=1S/C14H11FN2OS.C2H6/c1-3-11-8-14(10(2)16-9-11)17-19(18)13-6-4-12(15)5-7-13;1-2/h1,4-9,17H,2H3;1-2H3. The Morgan fingerprint density at radius 3 is 2.48 bits per heavy atom. The van der Waals surface area contributed by atoms with E-state index < -0.39 is 11.0 Å². The van der Waals surface area contributed by atoms with E-state index >= 15 is 0 Å². The van der Waals surface area contributed by atoms with Crippen LogP contribution in [0.15, 0.2) is 41.4 Å². The molecule has 0 saturated heterocycles. The van der Waals surface area contributed by atoms with Crippen LogP contribution in [-0.4, -0.2) is 9.19 Å². The molecule has 0 fully saturated rings. The molecule has 1 aromatic heterocycles. The van der Waals surface area contributed by atoms with Crippen LogP contribution in [0.1, 0.15) is 25.1 Å². The van der Waals surface area contributed by atoms with Gasteiger partial charge in [0.25, 0.3) is 0 Å². The van der Waals surface area contributed by atoms with E-state index in [9.17, 15) is 8.60 Å². The van der Waals surface area contributed by atoms with Crippen molar-refractivity contribution in [1.82, 2.24) is 4.98 Å². The zero-order chi connectivity index (χ0) is 15.8. The Morgan fingerprint density at radius 1 is 1.29 bits per heavy atom. The Balaban J connectivity index is 0.00000106. The van der Waals surface area contributed by atoms with Crippen molar-refractivity contribution in [1.29, 1.82) is 0 Å². The van der Waals surface area contributed by atoms with Crippen LogP contribution in [0.3, 0.4) is 0 Å².